The molecule has 0 amide bonds. The molecule has 5 N–H and O–H groups in total. The first-order valence-electron chi connectivity index (χ1n) is 2.55. The van der Waals surface area contributed by atoms with Crippen LogP contribution in [0.15, 0.2) is 12.2 Å². The Balaban J connectivity index is -0.0000000454. The van der Waals surface area contributed by atoms with Crippen molar-refractivity contribution in [2.24, 2.45) is 0 Å². The van der Waals surface area contributed by atoms with Gasteiger partial charge in [0.2, 0.25) is 0 Å². The van der Waals surface area contributed by atoms with Crippen LogP contribution in [0.1, 0.15) is 2.85 Å². The molecule has 0 aromatic carbocycles. The SMILES string of the molecule is O=C(O)C=CC(=O)O.O=P(O)(O)O.[Ca+2].[H-].[H-]. The van der Waals surface area contributed by atoms with Crippen LogP contribution in [0.5, 0.6) is 0 Å². The molecular formula is C4H9CaO8P. The first-order chi connectivity index (χ1) is 5.63. The van der Waals surface area contributed by atoms with E-state index in [0.29, 0.717) is 12.2 Å². The van der Waals surface area contributed by atoms with E-state index in [1.54, 1.807) is 0 Å². The van der Waals surface area contributed by atoms with Gasteiger partial charge in [-0.05, 0) is 0 Å². The van der Waals surface area contributed by atoms with Gasteiger partial charge in [0.25, 0.3) is 0 Å². The number of aliphatic carboxylic acids is 2. The molecule has 0 bridgehead atoms. The maximum Gasteiger partial charge on any atom is 2.00 e. The molecule has 0 saturated carbocycles. The third-order valence-electron chi connectivity index (χ3n) is 0.368. The third kappa shape index (κ3) is 57.7. The average Bonchev–Trinajstić information content (AvgIpc) is 1.79. The molecule has 0 saturated heterocycles. The Morgan fingerprint density at radius 1 is 1.00 bits per heavy atom. The van der Waals surface area contributed by atoms with Gasteiger partial charge in [-0.2, -0.15) is 0 Å². The molecule has 0 aromatic rings. The quantitative estimate of drug-likeness (QED) is 0.230. The van der Waals surface area contributed by atoms with Gasteiger partial charge in [0.05, 0.1) is 0 Å². The van der Waals surface area contributed by atoms with Gasteiger partial charge in [-0.25, -0.2) is 14.2 Å². The number of rotatable bonds is 2. The normalized spacial score (nSPS) is 9.64. The minimum Gasteiger partial charge on any atom is -1.00 e. The zero-order valence-electron chi connectivity index (χ0n) is 8.77. The molecule has 0 unspecified atom stereocenters. The van der Waals surface area contributed by atoms with E-state index in [1.807, 2.05) is 0 Å². The van der Waals surface area contributed by atoms with Crippen molar-refractivity contribution in [3.8, 4) is 0 Å². The number of phosphoric acid groups is 1. The Labute approximate surface area is 111 Å². The zero-order chi connectivity index (χ0) is 11.1. The van der Waals surface area contributed by atoms with Gasteiger partial charge in [0, 0.05) is 12.2 Å². The van der Waals surface area contributed by atoms with Crippen molar-refractivity contribution in [1.29, 1.82) is 0 Å². The van der Waals surface area contributed by atoms with Crippen molar-refractivity contribution in [2.75, 3.05) is 0 Å². The molecule has 0 aliphatic carbocycles. The van der Waals surface area contributed by atoms with Crippen LogP contribution < -0.4 is 0 Å². The van der Waals surface area contributed by atoms with Crippen LogP contribution in [-0.4, -0.2) is 74.6 Å². The van der Waals surface area contributed by atoms with Gasteiger partial charge in [0.15, 0.2) is 0 Å². The molecule has 0 fully saturated rings. The van der Waals surface area contributed by atoms with Crippen molar-refractivity contribution in [3.63, 3.8) is 0 Å². The smallest absolute Gasteiger partial charge is 1.00 e. The maximum atomic E-state index is 9.55. The first kappa shape index (κ1) is 19.6. The van der Waals surface area contributed by atoms with Crippen LogP contribution in [-0.2, 0) is 14.2 Å². The molecule has 0 aliphatic rings. The second kappa shape index (κ2) is 9.60. The van der Waals surface area contributed by atoms with Gasteiger partial charge in [0.1, 0.15) is 0 Å². The van der Waals surface area contributed by atoms with Crippen LogP contribution in [0.3, 0.4) is 0 Å². The molecular weight excluding hydrogens is 247 g/mol. The van der Waals surface area contributed by atoms with Crippen LogP contribution in [0.4, 0.5) is 0 Å². The minimum absolute atomic E-state index is 0. The van der Waals surface area contributed by atoms with Crippen LogP contribution in [0.25, 0.3) is 0 Å². The van der Waals surface area contributed by atoms with E-state index in [2.05, 4.69) is 0 Å². The van der Waals surface area contributed by atoms with Crippen molar-refractivity contribution in [1.82, 2.24) is 0 Å². The van der Waals surface area contributed by atoms with E-state index in [9.17, 15) is 9.59 Å². The third-order valence-corrected chi connectivity index (χ3v) is 0.368. The molecule has 0 radical (unpaired) electrons. The second-order valence-corrected chi connectivity index (χ2v) is 2.55. The fourth-order valence-electron chi connectivity index (χ4n) is 0.143. The summed E-state index contributed by atoms with van der Waals surface area (Å²) in [7, 11) is -4.64. The molecule has 0 heterocycles. The van der Waals surface area contributed by atoms with Crippen molar-refractivity contribution in [3.05, 3.63) is 12.2 Å². The summed E-state index contributed by atoms with van der Waals surface area (Å²) >= 11 is 0. The monoisotopic (exact) mass is 256 g/mol. The van der Waals surface area contributed by atoms with Crippen molar-refractivity contribution in [2.45, 2.75) is 0 Å². The summed E-state index contributed by atoms with van der Waals surface area (Å²) in [6.07, 6.45) is 1.12. The number of carboxylic acid groups (broad SMARTS) is 2. The van der Waals surface area contributed by atoms with Gasteiger partial charge in [-0.15, -0.1) is 0 Å². The Bertz CT molecular complexity index is 238. The summed E-state index contributed by atoms with van der Waals surface area (Å²) in [5.41, 5.74) is 0. The Morgan fingerprint density at radius 2 is 1.14 bits per heavy atom. The van der Waals surface area contributed by atoms with E-state index in [1.165, 1.54) is 0 Å². The summed E-state index contributed by atoms with van der Waals surface area (Å²) in [5, 5.41) is 15.6. The molecule has 0 spiro atoms. The molecule has 10 heteroatoms. The Kier molecular flexibility index (Phi) is 13.4. The summed E-state index contributed by atoms with van der Waals surface area (Å²) in [6, 6.07) is 0. The fourth-order valence-corrected chi connectivity index (χ4v) is 0.143. The van der Waals surface area contributed by atoms with Crippen molar-refractivity contribution < 1.29 is 41.9 Å². The number of carbonyl (C=O) groups is 2. The fraction of sp³-hybridized carbons (Fsp3) is 0. The topological polar surface area (TPSA) is 152 Å². The second-order valence-electron chi connectivity index (χ2n) is 1.52. The summed E-state index contributed by atoms with van der Waals surface area (Å²) in [6.45, 7) is 0. The van der Waals surface area contributed by atoms with Crippen LogP contribution >= 0.6 is 7.82 Å². The molecule has 0 aromatic heterocycles. The van der Waals surface area contributed by atoms with E-state index < -0.39 is 19.8 Å². The van der Waals surface area contributed by atoms with E-state index >= 15 is 0 Å². The molecule has 0 rings (SSSR count). The van der Waals surface area contributed by atoms with Gasteiger partial charge < -0.3 is 27.7 Å². The Hall–Kier alpha value is 0.0497. The number of hydrogen-bond donors (Lipinski definition) is 5. The maximum absolute atomic E-state index is 9.55. The van der Waals surface area contributed by atoms with Crippen molar-refractivity contribution >= 4 is 57.5 Å². The predicted molar refractivity (Wildman–Crippen MR) is 46.7 cm³/mol. The molecule has 80 valence electrons. The summed E-state index contributed by atoms with van der Waals surface area (Å²) in [4.78, 5) is 40.7. The largest absolute Gasteiger partial charge is 2.00 e. The van der Waals surface area contributed by atoms with Gasteiger partial charge in [-0.1, -0.05) is 0 Å². The average molecular weight is 256 g/mol. The predicted octanol–water partition coefficient (Wildman–Crippen LogP) is -1.37. The van der Waals surface area contributed by atoms with Gasteiger partial charge >= 0.3 is 57.5 Å². The molecule has 8 nitrogen and oxygen atoms in total. The van der Waals surface area contributed by atoms with E-state index in [-0.39, 0.29) is 40.6 Å². The Morgan fingerprint density at radius 3 is 1.21 bits per heavy atom. The molecule has 14 heavy (non-hydrogen) atoms. The van der Waals surface area contributed by atoms with E-state index in [0.717, 1.165) is 0 Å². The standard InChI is InChI=1S/C4H4O4.Ca.H3O4P.2H/c5-3(6)1-2-4(7)8;;1-5(2,3)4;;/h1-2H,(H,5,6)(H,7,8);;(H3,1,2,3,4);;/q;+2;;2*-1. The number of carboxylic acids is 2. The first-order valence-corrected chi connectivity index (χ1v) is 4.11. The van der Waals surface area contributed by atoms with Gasteiger partial charge in [-0.3, -0.25) is 0 Å². The summed E-state index contributed by atoms with van der Waals surface area (Å²) in [5.74, 6) is -2.51. The van der Waals surface area contributed by atoms with Crippen LogP contribution in [0, 0.1) is 0 Å². The molecule has 0 aliphatic heterocycles. The zero-order valence-corrected chi connectivity index (χ0v) is 9.87. The molecule has 0 atom stereocenters. The van der Waals surface area contributed by atoms with E-state index in [4.69, 9.17) is 29.5 Å². The number of hydrogen-bond acceptors (Lipinski definition) is 3. The summed E-state index contributed by atoms with van der Waals surface area (Å²) < 4.78 is 8.88. The van der Waals surface area contributed by atoms with Crippen LogP contribution in [0.2, 0.25) is 0 Å². The minimum atomic E-state index is -4.64.